The molecule has 0 amide bonds. The van der Waals surface area contributed by atoms with Crippen molar-refractivity contribution < 1.29 is 23.8 Å². The van der Waals surface area contributed by atoms with E-state index < -0.39 is 6.10 Å². The van der Waals surface area contributed by atoms with Crippen LogP contribution in [-0.2, 0) is 23.8 Å². The van der Waals surface area contributed by atoms with E-state index in [1.165, 1.54) is 135 Å². The van der Waals surface area contributed by atoms with E-state index >= 15 is 0 Å². The van der Waals surface area contributed by atoms with Gasteiger partial charge >= 0.3 is 11.9 Å². The summed E-state index contributed by atoms with van der Waals surface area (Å²) in [5.74, 6) is -0.507. The van der Waals surface area contributed by atoms with Gasteiger partial charge in [-0.15, -0.1) is 0 Å². The lowest BCUT2D eigenvalue weighted by molar-refractivity contribution is -0.162. The maximum Gasteiger partial charge on any atom is 0.306 e. The van der Waals surface area contributed by atoms with Crippen LogP contribution in [-0.4, -0.2) is 37.9 Å². The van der Waals surface area contributed by atoms with Crippen molar-refractivity contribution in [1.82, 2.24) is 0 Å². The van der Waals surface area contributed by atoms with Crippen molar-refractivity contribution in [1.29, 1.82) is 0 Å². The fourth-order valence-electron chi connectivity index (χ4n) is 8.10. The van der Waals surface area contributed by atoms with Crippen LogP contribution in [0.4, 0.5) is 0 Å². The minimum Gasteiger partial charge on any atom is -0.462 e. The molecule has 0 saturated heterocycles. The van der Waals surface area contributed by atoms with Crippen LogP contribution in [0.25, 0.3) is 0 Å². The van der Waals surface area contributed by atoms with E-state index in [0.29, 0.717) is 25.9 Å². The van der Waals surface area contributed by atoms with Crippen LogP contribution in [0.15, 0.2) is 134 Å². The molecule has 5 nitrogen and oxygen atoms in total. The second kappa shape index (κ2) is 63.3. The molecule has 1 atom stereocenters. The van der Waals surface area contributed by atoms with Gasteiger partial charge in [-0.2, -0.15) is 0 Å². The first-order chi connectivity index (χ1) is 36.6. The first kappa shape index (κ1) is 70.0. The highest BCUT2D eigenvalue weighted by Gasteiger charge is 2.17. The summed E-state index contributed by atoms with van der Waals surface area (Å²) in [6.45, 7) is 7.56. The molecule has 0 aromatic carbocycles. The van der Waals surface area contributed by atoms with Crippen molar-refractivity contribution in [3.05, 3.63) is 134 Å². The Labute approximate surface area is 458 Å². The van der Waals surface area contributed by atoms with Gasteiger partial charge in [0.2, 0.25) is 0 Å². The predicted molar refractivity (Wildman–Crippen MR) is 325 cm³/mol. The van der Waals surface area contributed by atoms with Gasteiger partial charge in [0.1, 0.15) is 6.61 Å². The van der Waals surface area contributed by atoms with Gasteiger partial charge in [0.05, 0.1) is 6.61 Å². The molecule has 0 fully saturated rings. The maximum absolute atomic E-state index is 12.9. The average Bonchev–Trinajstić information content (AvgIpc) is 3.40. The number of carbonyl (C=O) groups is 2. The molecule has 0 aliphatic carbocycles. The lowest BCUT2D eigenvalue weighted by atomic mass is 10.1. The second-order valence-electron chi connectivity index (χ2n) is 19.9. The SMILES string of the molecule is CC/C=C\C/C=C\C/C=C\C/C=C\C/C=C\C/C=C\CCC(=O)OCC(COCCCCCCCCC/C=C\C/C=C\C/C=C\CCCCC)OC(=O)CCCCCCCCCCC/C=C\C/C=C\CCCCC. The summed E-state index contributed by atoms with van der Waals surface area (Å²) in [6.07, 6.45) is 90.6. The highest BCUT2D eigenvalue weighted by molar-refractivity contribution is 5.70. The standard InChI is InChI=1S/C69H114O5/c1-4-7-10-13-16-19-22-25-28-31-34-37-40-43-46-49-52-55-58-61-64-72-65-67(74-69(71)63-60-57-54-51-48-45-42-39-36-33-30-27-24-21-18-15-12-9-6-3)66-73-68(70)62-59-56-53-50-47-44-41-38-35-32-29-26-23-20-17-14-11-8-5-2/h8,11,16-21,25-30,34-35,37-38,44,47,53,56,67H,4-7,9-10,12-15,22-24,31-33,36,39-43,45-46,48-52,54-55,57-66H2,1-3H3/b11-8-,19-16-,20-17-,21-18-,28-25-,29-26-,30-27-,37-34-,38-35-,47-44-,56-53-. The predicted octanol–water partition coefficient (Wildman–Crippen LogP) is 21.5. The van der Waals surface area contributed by atoms with Crippen molar-refractivity contribution in [2.75, 3.05) is 19.8 Å². The third-order valence-electron chi connectivity index (χ3n) is 12.7. The highest BCUT2D eigenvalue weighted by Crippen LogP contribution is 2.14. The number of hydrogen-bond donors (Lipinski definition) is 0. The van der Waals surface area contributed by atoms with E-state index in [-0.39, 0.29) is 25.2 Å². The van der Waals surface area contributed by atoms with E-state index in [4.69, 9.17) is 14.2 Å². The molecule has 0 radical (unpaired) electrons. The van der Waals surface area contributed by atoms with E-state index in [1.54, 1.807) is 0 Å². The number of unbranched alkanes of at least 4 members (excludes halogenated alkanes) is 22. The number of esters is 2. The third-order valence-corrected chi connectivity index (χ3v) is 12.7. The molecule has 0 aromatic rings. The number of allylic oxidation sites excluding steroid dienone is 22. The third kappa shape index (κ3) is 60.6. The molecule has 0 saturated carbocycles. The van der Waals surface area contributed by atoms with E-state index in [9.17, 15) is 9.59 Å². The topological polar surface area (TPSA) is 61.8 Å². The molecule has 0 aliphatic rings. The smallest absolute Gasteiger partial charge is 0.306 e. The molecule has 0 bridgehead atoms. The fourth-order valence-corrected chi connectivity index (χ4v) is 8.10. The number of ether oxygens (including phenoxy) is 3. The van der Waals surface area contributed by atoms with Crippen molar-refractivity contribution in [3.63, 3.8) is 0 Å². The lowest BCUT2D eigenvalue weighted by Gasteiger charge is -2.18. The normalized spacial score (nSPS) is 13.2. The molecule has 0 aromatic heterocycles. The van der Waals surface area contributed by atoms with Crippen molar-refractivity contribution in [2.45, 2.75) is 271 Å². The summed E-state index contributed by atoms with van der Waals surface area (Å²) in [5.41, 5.74) is 0. The monoisotopic (exact) mass is 1020 g/mol. The van der Waals surface area contributed by atoms with Crippen LogP contribution in [0.2, 0.25) is 0 Å². The summed E-state index contributed by atoms with van der Waals surface area (Å²) in [5, 5.41) is 0. The molecule has 1 unspecified atom stereocenters. The molecule has 0 heterocycles. The zero-order valence-electron chi connectivity index (χ0n) is 48.3. The summed E-state index contributed by atoms with van der Waals surface area (Å²) >= 11 is 0. The van der Waals surface area contributed by atoms with Gasteiger partial charge in [-0.3, -0.25) is 9.59 Å². The van der Waals surface area contributed by atoms with Crippen LogP contribution < -0.4 is 0 Å². The average molecular weight is 1020 g/mol. The Balaban J connectivity index is 4.44. The summed E-state index contributed by atoms with van der Waals surface area (Å²) in [6, 6.07) is 0. The quantitative estimate of drug-likeness (QED) is 0.0345. The lowest BCUT2D eigenvalue weighted by Crippen LogP contribution is -2.30. The van der Waals surface area contributed by atoms with Gasteiger partial charge in [0, 0.05) is 19.4 Å². The van der Waals surface area contributed by atoms with Crippen LogP contribution in [0.5, 0.6) is 0 Å². The van der Waals surface area contributed by atoms with Crippen LogP contribution in [0.3, 0.4) is 0 Å². The van der Waals surface area contributed by atoms with Gasteiger partial charge < -0.3 is 14.2 Å². The zero-order chi connectivity index (χ0) is 53.4. The van der Waals surface area contributed by atoms with Gasteiger partial charge in [-0.1, -0.05) is 257 Å². The summed E-state index contributed by atoms with van der Waals surface area (Å²) < 4.78 is 17.4. The highest BCUT2D eigenvalue weighted by atomic mass is 16.6. The maximum atomic E-state index is 12.9. The summed E-state index contributed by atoms with van der Waals surface area (Å²) in [4.78, 5) is 25.6. The Kier molecular flexibility index (Phi) is 59.9. The molecule has 0 spiro atoms. The molecule has 0 N–H and O–H groups in total. The Morgan fingerprint density at radius 3 is 1.03 bits per heavy atom. The molecule has 5 heteroatoms. The number of rotatable bonds is 55. The summed E-state index contributed by atoms with van der Waals surface area (Å²) in [7, 11) is 0. The Bertz CT molecular complexity index is 1530. The molecule has 0 aliphatic heterocycles. The van der Waals surface area contributed by atoms with Gasteiger partial charge in [0.25, 0.3) is 0 Å². The Morgan fingerprint density at radius 1 is 0.311 bits per heavy atom. The van der Waals surface area contributed by atoms with Crippen molar-refractivity contribution in [2.24, 2.45) is 0 Å². The van der Waals surface area contributed by atoms with Gasteiger partial charge in [-0.25, -0.2) is 0 Å². The zero-order valence-corrected chi connectivity index (χ0v) is 48.3. The van der Waals surface area contributed by atoms with Crippen LogP contribution >= 0.6 is 0 Å². The molecular formula is C69H114O5. The first-order valence-corrected chi connectivity index (χ1v) is 30.7. The van der Waals surface area contributed by atoms with Gasteiger partial charge in [0.15, 0.2) is 6.10 Å². The number of carbonyl (C=O) groups excluding carboxylic acids is 2. The minimum absolute atomic E-state index is 0.0316. The molecule has 420 valence electrons. The minimum atomic E-state index is -0.586. The molecule has 0 rings (SSSR count). The van der Waals surface area contributed by atoms with Gasteiger partial charge in [-0.05, 0) is 128 Å². The first-order valence-electron chi connectivity index (χ1n) is 30.7. The molecule has 74 heavy (non-hydrogen) atoms. The van der Waals surface area contributed by atoms with Crippen molar-refractivity contribution in [3.8, 4) is 0 Å². The van der Waals surface area contributed by atoms with E-state index in [1.807, 2.05) is 6.08 Å². The van der Waals surface area contributed by atoms with Crippen LogP contribution in [0, 0.1) is 0 Å². The van der Waals surface area contributed by atoms with Crippen LogP contribution in [0.1, 0.15) is 265 Å². The fraction of sp³-hybridized carbons (Fsp3) is 0.652. The van der Waals surface area contributed by atoms with Crippen molar-refractivity contribution >= 4 is 11.9 Å². The second-order valence-corrected chi connectivity index (χ2v) is 19.9. The molecular weight excluding hydrogens is 909 g/mol. The van der Waals surface area contributed by atoms with E-state index in [2.05, 4.69) is 148 Å². The Hall–Kier alpha value is -3.96. The Morgan fingerprint density at radius 2 is 0.635 bits per heavy atom. The number of hydrogen-bond acceptors (Lipinski definition) is 5. The van der Waals surface area contributed by atoms with E-state index in [0.717, 1.165) is 89.9 Å². The largest absolute Gasteiger partial charge is 0.462 e.